The van der Waals surface area contributed by atoms with Crippen LogP contribution in [0.3, 0.4) is 0 Å². The summed E-state index contributed by atoms with van der Waals surface area (Å²) in [4.78, 5) is 41.0. The van der Waals surface area contributed by atoms with Crippen molar-refractivity contribution < 1.29 is 27.5 Å². The van der Waals surface area contributed by atoms with Crippen LogP contribution in [0.15, 0.2) is 64.8 Å². The molecule has 4 aromatic rings. The number of esters is 2. The van der Waals surface area contributed by atoms with Crippen LogP contribution in [0.25, 0.3) is 22.5 Å². The van der Waals surface area contributed by atoms with Crippen LogP contribution in [0.1, 0.15) is 37.6 Å². The summed E-state index contributed by atoms with van der Waals surface area (Å²) in [5, 5.41) is 5.25. The highest BCUT2D eigenvalue weighted by molar-refractivity contribution is 8.03. The Kier molecular flexibility index (Phi) is 10.1. The Morgan fingerprint density at radius 3 is 2.48 bits per heavy atom. The number of aryl methyl sites for hydroxylation is 1. The first-order valence-corrected chi connectivity index (χ1v) is 14.7. The molecule has 42 heavy (non-hydrogen) atoms. The summed E-state index contributed by atoms with van der Waals surface area (Å²) in [5.74, 6) is -3.19. The average Bonchev–Trinajstić information content (AvgIpc) is 3.41. The summed E-state index contributed by atoms with van der Waals surface area (Å²) in [7, 11) is 0. The first-order chi connectivity index (χ1) is 20.0. The van der Waals surface area contributed by atoms with Crippen molar-refractivity contribution in [1.29, 1.82) is 0 Å². The molecule has 3 aromatic heterocycles. The number of hydrogen-bond acceptors (Lipinski definition) is 10. The number of halogens is 3. The Morgan fingerprint density at radius 1 is 1.05 bits per heavy atom. The van der Waals surface area contributed by atoms with E-state index >= 15 is 0 Å². The number of benzene rings is 1. The van der Waals surface area contributed by atoms with Gasteiger partial charge in [-0.1, -0.05) is 36.9 Å². The van der Waals surface area contributed by atoms with Crippen molar-refractivity contribution in [2.45, 2.75) is 55.4 Å². The minimum atomic E-state index is -5.24. The third-order valence-electron chi connectivity index (χ3n) is 6.11. The van der Waals surface area contributed by atoms with Gasteiger partial charge in [0.2, 0.25) is 0 Å². The number of alkyl halides is 3. The SMILES string of the molecule is CCc1cnc(-c2cc(-c3cccnc3)ccc2CNCCc2csc(SC(C)(C)C(=O)OC(=O)C(F)(F)F)n2)nc1. The number of nitrogens with zero attached hydrogens (tertiary/aromatic N) is 4. The monoisotopic (exact) mass is 615 g/mol. The van der Waals surface area contributed by atoms with Gasteiger partial charge in [-0.2, -0.15) is 13.2 Å². The van der Waals surface area contributed by atoms with Crippen LogP contribution in [-0.4, -0.2) is 49.3 Å². The quantitative estimate of drug-likeness (QED) is 0.0933. The minimum absolute atomic E-state index is 0.479. The fourth-order valence-corrected chi connectivity index (χ4v) is 6.01. The highest BCUT2D eigenvalue weighted by atomic mass is 32.2. The zero-order valence-corrected chi connectivity index (χ0v) is 24.7. The molecule has 3 heterocycles. The maximum absolute atomic E-state index is 12.5. The number of thiazole rings is 1. The maximum Gasteiger partial charge on any atom is 0.491 e. The summed E-state index contributed by atoms with van der Waals surface area (Å²) in [5.41, 5.74) is 5.75. The Hall–Kier alpha value is -3.68. The summed E-state index contributed by atoms with van der Waals surface area (Å²) in [6.45, 7) is 5.96. The molecule has 0 fully saturated rings. The van der Waals surface area contributed by atoms with Gasteiger partial charge >= 0.3 is 18.1 Å². The number of ether oxygens (including phenoxy) is 1. The van der Waals surface area contributed by atoms with E-state index < -0.39 is 22.9 Å². The maximum atomic E-state index is 12.5. The highest BCUT2D eigenvalue weighted by Crippen LogP contribution is 2.36. The van der Waals surface area contributed by atoms with E-state index in [9.17, 15) is 22.8 Å². The number of nitrogens with one attached hydrogen (secondary N) is 1. The Balaban J connectivity index is 1.38. The van der Waals surface area contributed by atoms with Crippen molar-refractivity contribution in [2.75, 3.05) is 6.54 Å². The third kappa shape index (κ3) is 8.20. The van der Waals surface area contributed by atoms with Crippen LogP contribution in [0.4, 0.5) is 13.2 Å². The molecule has 0 bridgehead atoms. The van der Waals surface area contributed by atoms with Crippen molar-refractivity contribution in [3.63, 3.8) is 0 Å². The zero-order valence-electron chi connectivity index (χ0n) is 23.1. The summed E-state index contributed by atoms with van der Waals surface area (Å²) >= 11 is 2.20. The van der Waals surface area contributed by atoms with E-state index in [2.05, 4.69) is 43.0 Å². The van der Waals surface area contributed by atoms with Gasteiger partial charge in [-0.15, -0.1) is 11.3 Å². The Labute approximate surface area is 249 Å². The molecule has 220 valence electrons. The second-order valence-corrected chi connectivity index (χ2v) is 12.4. The molecule has 0 unspecified atom stereocenters. The van der Waals surface area contributed by atoms with Gasteiger partial charge in [-0.05, 0) is 49.1 Å². The zero-order chi connectivity index (χ0) is 30.3. The van der Waals surface area contributed by atoms with E-state index in [0.29, 0.717) is 29.7 Å². The first kappa shape index (κ1) is 31.3. The molecule has 0 radical (unpaired) electrons. The summed E-state index contributed by atoms with van der Waals surface area (Å²) < 4.78 is 40.4. The number of pyridine rings is 1. The van der Waals surface area contributed by atoms with Gasteiger partial charge in [-0.25, -0.2) is 19.7 Å². The smallest absolute Gasteiger partial charge is 0.385 e. The van der Waals surface area contributed by atoms with E-state index in [1.54, 1.807) is 6.20 Å². The third-order valence-corrected chi connectivity index (χ3v) is 8.28. The molecule has 1 aromatic carbocycles. The number of thioether (sulfide) groups is 1. The fourth-order valence-electron chi connectivity index (χ4n) is 3.74. The molecule has 0 saturated carbocycles. The van der Waals surface area contributed by atoms with Crippen molar-refractivity contribution in [3.05, 3.63) is 77.3 Å². The number of carbonyl (C=O) groups excluding carboxylic acids is 2. The lowest BCUT2D eigenvalue weighted by molar-refractivity contribution is -0.202. The number of rotatable bonds is 11. The van der Waals surface area contributed by atoms with Crippen molar-refractivity contribution in [3.8, 4) is 22.5 Å². The Morgan fingerprint density at radius 2 is 1.81 bits per heavy atom. The van der Waals surface area contributed by atoms with Crippen LogP contribution in [-0.2, 0) is 33.7 Å². The minimum Gasteiger partial charge on any atom is -0.385 e. The molecule has 13 heteroatoms. The number of carbonyl (C=O) groups is 2. The normalized spacial score (nSPS) is 11.9. The Bertz CT molecular complexity index is 1530. The van der Waals surface area contributed by atoms with Gasteiger partial charge in [-0.3, -0.25) is 9.78 Å². The van der Waals surface area contributed by atoms with Gasteiger partial charge < -0.3 is 10.1 Å². The van der Waals surface area contributed by atoms with Crippen LogP contribution < -0.4 is 5.32 Å². The largest absolute Gasteiger partial charge is 0.491 e. The average molecular weight is 616 g/mol. The van der Waals surface area contributed by atoms with Gasteiger partial charge in [0.25, 0.3) is 0 Å². The van der Waals surface area contributed by atoms with Crippen molar-refractivity contribution >= 4 is 35.0 Å². The van der Waals surface area contributed by atoms with E-state index in [-0.39, 0.29) is 0 Å². The lowest BCUT2D eigenvalue weighted by atomic mass is 9.99. The molecule has 0 saturated heterocycles. The van der Waals surface area contributed by atoms with Gasteiger partial charge in [0.1, 0.15) is 4.75 Å². The molecule has 0 aliphatic rings. The molecule has 0 aliphatic heterocycles. The molecule has 8 nitrogen and oxygen atoms in total. The lowest BCUT2D eigenvalue weighted by Crippen LogP contribution is -2.36. The van der Waals surface area contributed by atoms with E-state index in [1.165, 1.54) is 25.2 Å². The molecule has 1 N–H and O–H groups in total. The molecular weight excluding hydrogens is 587 g/mol. The van der Waals surface area contributed by atoms with E-state index in [4.69, 9.17) is 0 Å². The van der Waals surface area contributed by atoms with Crippen LogP contribution in [0.2, 0.25) is 0 Å². The molecule has 4 rings (SSSR count). The van der Waals surface area contributed by atoms with E-state index in [0.717, 1.165) is 51.7 Å². The van der Waals surface area contributed by atoms with Crippen LogP contribution >= 0.6 is 23.1 Å². The van der Waals surface area contributed by atoms with Crippen LogP contribution in [0, 0.1) is 0 Å². The number of aromatic nitrogens is 4. The fraction of sp³-hybridized carbons (Fsp3) is 0.310. The highest BCUT2D eigenvalue weighted by Gasteiger charge is 2.45. The topological polar surface area (TPSA) is 107 Å². The van der Waals surface area contributed by atoms with Gasteiger partial charge in [0.15, 0.2) is 10.2 Å². The first-order valence-electron chi connectivity index (χ1n) is 13.0. The summed E-state index contributed by atoms with van der Waals surface area (Å²) in [6.07, 6.45) is 3.40. The number of hydrogen-bond donors (Lipinski definition) is 1. The molecule has 0 amide bonds. The molecule has 0 spiro atoms. The predicted molar refractivity (Wildman–Crippen MR) is 155 cm³/mol. The van der Waals surface area contributed by atoms with Crippen molar-refractivity contribution in [1.82, 2.24) is 25.3 Å². The van der Waals surface area contributed by atoms with Gasteiger partial charge in [0.05, 0.1) is 5.69 Å². The standard InChI is InChI=1S/C29H28F3N5O3S2/c1-4-18-13-35-24(36-14-18)23-12-19(20-6-5-10-33-15-20)7-8-21(23)16-34-11-9-22-17-41-27(37-22)42-28(2,3)25(38)40-26(39)29(30,31)32/h5-8,10,12-15,17,34H,4,9,11,16H2,1-3H3. The predicted octanol–water partition coefficient (Wildman–Crippen LogP) is 6.06. The summed E-state index contributed by atoms with van der Waals surface area (Å²) in [6, 6.07) is 10.0. The van der Waals surface area contributed by atoms with Crippen molar-refractivity contribution in [2.24, 2.45) is 0 Å². The second kappa shape index (κ2) is 13.5. The molecular formula is C29H28F3N5O3S2. The van der Waals surface area contributed by atoms with E-state index in [1.807, 2.05) is 48.2 Å². The van der Waals surface area contributed by atoms with Gasteiger partial charge in [0, 0.05) is 60.8 Å². The second-order valence-electron chi connectivity index (χ2n) is 9.70. The molecule has 0 atom stereocenters. The lowest BCUT2D eigenvalue weighted by Gasteiger charge is -2.19. The van der Waals surface area contributed by atoms with Crippen LogP contribution in [0.5, 0.6) is 0 Å². The molecule has 0 aliphatic carbocycles.